The second-order valence-corrected chi connectivity index (χ2v) is 3.87. The maximum absolute atomic E-state index is 11.3. The van der Waals surface area contributed by atoms with Crippen molar-refractivity contribution in [2.75, 3.05) is 7.11 Å². The maximum atomic E-state index is 11.3. The molecule has 1 N–H and O–H groups in total. The van der Waals surface area contributed by atoms with Gasteiger partial charge in [0.2, 0.25) is 0 Å². The summed E-state index contributed by atoms with van der Waals surface area (Å²) in [4.78, 5) is 11.3. The molecule has 4 heteroatoms. The Hall–Kier alpha value is -1.86. The molecule has 0 saturated heterocycles. The Kier molecular flexibility index (Phi) is 4.68. The predicted octanol–water partition coefficient (Wildman–Crippen LogP) is 1.77. The van der Waals surface area contributed by atoms with Crippen molar-refractivity contribution in [2.45, 2.75) is 25.9 Å². The van der Waals surface area contributed by atoms with Crippen molar-refractivity contribution in [3.63, 3.8) is 0 Å². The molecule has 0 unspecified atom stereocenters. The number of carbonyl (C=O) groups excluding carboxylic acids is 1. The van der Waals surface area contributed by atoms with Crippen LogP contribution in [-0.4, -0.2) is 19.1 Å². The first kappa shape index (κ1) is 13.2. The van der Waals surface area contributed by atoms with E-state index in [2.05, 4.69) is 16.1 Å². The summed E-state index contributed by atoms with van der Waals surface area (Å²) in [6.45, 7) is 3.72. The van der Waals surface area contributed by atoms with E-state index in [0.29, 0.717) is 5.56 Å². The fourth-order valence-corrected chi connectivity index (χ4v) is 1.56. The van der Waals surface area contributed by atoms with Crippen LogP contribution in [-0.2, 0) is 9.53 Å². The fourth-order valence-electron chi connectivity index (χ4n) is 1.56. The Labute approximate surface area is 101 Å². The molecule has 0 aromatic heterocycles. The van der Waals surface area contributed by atoms with E-state index in [1.807, 2.05) is 19.1 Å². The Bertz CT molecular complexity index is 420. The number of ether oxygens (including phenoxy) is 1. The monoisotopic (exact) mass is 232 g/mol. The molecule has 0 aliphatic rings. The van der Waals surface area contributed by atoms with Crippen LogP contribution in [0.3, 0.4) is 0 Å². The van der Waals surface area contributed by atoms with Gasteiger partial charge in [-0.3, -0.25) is 10.1 Å². The molecule has 0 aliphatic heterocycles. The minimum atomic E-state index is -0.356. The van der Waals surface area contributed by atoms with Gasteiger partial charge < -0.3 is 4.74 Å². The maximum Gasteiger partial charge on any atom is 0.322 e. The molecule has 0 bridgehead atoms. The van der Waals surface area contributed by atoms with E-state index in [-0.39, 0.29) is 18.1 Å². The normalized spacial score (nSPS) is 13.5. The molecule has 1 rings (SSSR count). The van der Waals surface area contributed by atoms with Gasteiger partial charge in [0.1, 0.15) is 6.04 Å². The van der Waals surface area contributed by atoms with Gasteiger partial charge in [0.15, 0.2) is 0 Å². The van der Waals surface area contributed by atoms with E-state index < -0.39 is 0 Å². The average molecular weight is 232 g/mol. The zero-order chi connectivity index (χ0) is 12.8. The molecule has 0 saturated carbocycles. The number of methoxy groups -OCH3 is 1. The Morgan fingerprint density at radius 2 is 1.94 bits per heavy atom. The summed E-state index contributed by atoms with van der Waals surface area (Å²) in [7, 11) is 1.37. The van der Waals surface area contributed by atoms with Crippen molar-refractivity contribution in [3.8, 4) is 6.07 Å². The first-order valence-corrected chi connectivity index (χ1v) is 5.42. The van der Waals surface area contributed by atoms with Gasteiger partial charge in [0, 0.05) is 6.04 Å². The van der Waals surface area contributed by atoms with Gasteiger partial charge in [-0.15, -0.1) is 0 Å². The van der Waals surface area contributed by atoms with Crippen molar-refractivity contribution in [1.82, 2.24) is 5.32 Å². The lowest BCUT2D eigenvalue weighted by Gasteiger charge is -2.18. The van der Waals surface area contributed by atoms with Crippen LogP contribution in [0.1, 0.15) is 31.0 Å². The summed E-state index contributed by atoms with van der Waals surface area (Å²) in [5.74, 6) is -0.287. The highest BCUT2D eigenvalue weighted by molar-refractivity contribution is 5.75. The standard InChI is InChI=1S/C13H16N2O2/c1-9(15-10(2)13(16)17-3)12-6-4-11(8-14)5-7-12/h4-7,9-10,15H,1-3H3/t9-,10+/m1/s1. The largest absolute Gasteiger partial charge is 0.468 e. The molecule has 90 valence electrons. The number of nitrogens with zero attached hydrogens (tertiary/aromatic N) is 1. The summed E-state index contributed by atoms with van der Waals surface area (Å²) in [5, 5.41) is 11.8. The van der Waals surface area contributed by atoms with E-state index >= 15 is 0 Å². The van der Waals surface area contributed by atoms with Crippen LogP contribution in [0.25, 0.3) is 0 Å². The lowest BCUT2D eigenvalue weighted by atomic mass is 10.1. The van der Waals surface area contributed by atoms with Gasteiger partial charge in [-0.25, -0.2) is 0 Å². The summed E-state index contributed by atoms with van der Waals surface area (Å²) in [6.07, 6.45) is 0. The van der Waals surface area contributed by atoms with Crippen LogP contribution in [0.2, 0.25) is 0 Å². The van der Waals surface area contributed by atoms with Gasteiger partial charge in [0.05, 0.1) is 18.7 Å². The van der Waals surface area contributed by atoms with Crippen molar-refractivity contribution >= 4 is 5.97 Å². The van der Waals surface area contributed by atoms with Crippen LogP contribution in [0.5, 0.6) is 0 Å². The number of nitriles is 1. The minimum absolute atomic E-state index is 0.0249. The Balaban J connectivity index is 2.66. The molecule has 0 heterocycles. The second kappa shape index (κ2) is 6.02. The average Bonchev–Trinajstić information content (AvgIpc) is 2.37. The topological polar surface area (TPSA) is 62.1 Å². The minimum Gasteiger partial charge on any atom is -0.468 e. The summed E-state index contributed by atoms with van der Waals surface area (Å²) >= 11 is 0. The van der Waals surface area contributed by atoms with Gasteiger partial charge in [-0.2, -0.15) is 5.26 Å². The van der Waals surface area contributed by atoms with Crippen molar-refractivity contribution in [1.29, 1.82) is 5.26 Å². The SMILES string of the molecule is COC(=O)[C@H](C)N[C@H](C)c1ccc(C#N)cc1. The number of carbonyl (C=O) groups is 1. The zero-order valence-corrected chi connectivity index (χ0v) is 10.2. The van der Waals surface area contributed by atoms with Crippen LogP contribution in [0.4, 0.5) is 0 Å². The highest BCUT2D eigenvalue weighted by Gasteiger charge is 2.16. The number of benzene rings is 1. The summed E-state index contributed by atoms with van der Waals surface area (Å²) in [6, 6.07) is 9.01. The molecule has 0 aliphatic carbocycles. The van der Waals surface area contributed by atoms with E-state index in [1.165, 1.54) is 7.11 Å². The molecule has 1 aromatic carbocycles. The van der Waals surface area contributed by atoms with Crippen LogP contribution >= 0.6 is 0 Å². The fraction of sp³-hybridized carbons (Fsp3) is 0.385. The molecular formula is C13H16N2O2. The molecule has 4 nitrogen and oxygen atoms in total. The molecule has 0 amide bonds. The van der Waals surface area contributed by atoms with Gasteiger partial charge in [-0.05, 0) is 31.5 Å². The number of hydrogen-bond acceptors (Lipinski definition) is 4. The quantitative estimate of drug-likeness (QED) is 0.804. The third-order valence-corrected chi connectivity index (χ3v) is 2.59. The van der Waals surface area contributed by atoms with E-state index in [9.17, 15) is 4.79 Å². The van der Waals surface area contributed by atoms with E-state index in [0.717, 1.165) is 5.56 Å². The van der Waals surface area contributed by atoms with Crippen molar-refractivity contribution in [3.05, 3.63) is 35.4 Å². The lowest BCUT2D eigenvalue weighted by molar-refractivity contribution is -0.142. The van der Waals surface area contributed by atoms with Gasteiger partial charge >= 0.3 is 5.97 Å². The second-order valence-electron chi connectivity index (χ2n) is 3.87. The third-order valence-electron chi connectivity index (χ3n) is 2.59. The van der Waals surface area contributed by atoms with Crippen LogP contribution in [0.15, 0.2) is 24.3 Å². The van der Waals surface area contributed by atoms with E-state index in [4.69, 9.17) is 5.26 Å². The molecule has 0 radical (unpaired) electrons. The molecule has 1 aromatic rings. The summed E-state index contributed by atoms with van der Waals surface area (Å²) in [5.41, 5.74) is 1.65. The summed E-state index contributed by atoms with van der Waals surface area (Å²) < 4.78 is 4.64. The zero-order valence-electron chi connectivity index (χ0n) is 10.2. The highest BCUT2D eigenvalue weighted by Crippen LogP contribution is 2.13. The van der Waals surface area contributed by atoms with Gasteiger partial charge in [0.25, 0.3) is 0 Å². The lowest BCUT2D eigenvalue weighted by Crippen LogP contribution is -2.36. The molecular weight excluding hydrogens is 216 g/mol. The predicted molar refractivity (Wildman–Crippen MR) is 64.2 cm³/mol. The number of nitrogens with one attached hydrogen (secondary N) is 1. The first-order chi connectivity index (χ1) is 8.08. The Morgan fingerprint density at radius 1 is 1.35 bits per heavy atom. The van der Waals surface area contributed by atoms with E-state index in [1.54, 1.807) is 19.1 Å². The number of rotatable bonds is 4. The molecule has 0 spiro atoms. The molecule has 17 heavy (non-hydrogen) atoms. The smallest absolute Gasteiger partial charge is 0.322 e. The van der Waals surface area contributed by atoms with Crippen LogP contribution < -0.4 is 5.32 Å². The van der Waals surface area contributed by atoms with Crippen molar-refractivity contribution < 1.29 is 9.53 Å². The number of esters is 1. The highest BCUT2D eigenvalue weighted by atomic mass is 16.5. The molecule has 0 fully saturated rings. The first-order valence-electron chi connectivity index (χ1n) is 5.42. The molecule has 2 atom stereocenters. The van der Waals surface area contributed by atoms with Gasteiger partial charge in [-0.1, -0.05) is 12.1 Å². The Morgan fingerprint density at radius 3 is 2.41 bits per heavy atom. The van der Waals surface area contributed by atoms with Crippen molar-refractivity contribution in [2.24, 2.45) is 0 Å². The third kappa shape index (κ3) is 3.58. The van der Waals surface area contributed by atoms with Crippen LogP contribution in [0, 0.1) is 11.3 Å². The number of hydrogen-bond donors (Lipinski definition) is 1.